The lowest BCUT2D eigenvalue weighted by Crippen LogP contribution is -2.48. The molecule has 3 saturated heterocycles. The van der Waals surface area contributed by atoms with E-state index in [0.29, 0.717) is 37.0 Å². The fourth-order valence-corrected chi connectivity index (χ4v) is 6.70. The molecule has 0 saturated carbocycles. The maximum absolute atomic E-state index is 15.2. The van der Waals surface area contributed by atoms with Gasteiger partial charge in [-0.05, 0) is 74.9 Å². The van der Waals surface area contributed by atoms with E-state index in [2.05, 4.69) is 9.88 Å². The van der Waals surface area contributed by atoms with Crippen LogP contribution >= 0.6 is 0 Å². The number of aromatic carboxylic acids is 1. The van der Waals surface area contributed by atoms with Gasteiger partial charge in [-0.3, -0.25) is 4.90 Å². The van der Waals surface area contributed by atoms with Gasteiger partial charge in [0.15, 0.2) is 0 Å². The molecule has 1 N–H and O–H groups in total. The summed E-state index contributed by atoms with van der Waals surface area (Å²) in [6.45, 7) is 7.95. The predicted molar refractivity (Wildman–Crippen MR) is 162 cm³/mol. The summed E-state index contributed by atoms with van der Waals surface area (Å²) in [5, 5.41) is 9.18. The summed E-state index contributed by atoms with van der Waals surface area (Å²) in [7, 11) is 0. The van der Waals surface area contributed by atoms with Gasteiger partial charge in [0.25, 0.3) is 0 Å². The number of carbonyl (C=O) groups is 2. The molecule has 2 amide bonds. The van der Waals surface area contributed by atoms with E-state index in [9.17, 15) is 14.7 Å². The van der Waals surface area contributed by atoms with E-state index in [1.54, 1.807) is 31.3 Å². The monoisotopic (exact) mass is 602 g/mol. The average molecular weight is 603 g/mol. The molecule has 3 fully saturated rings. The molecule has 1 unspecified atom stereocenters. The van der Waals surface area contributed by atoms with Crippen molar-refractivity contribution in [3.05, 3.63) is 88.4 Å². The molecule has 10 heteroatoms. The average Bonchev–Trinajstić information content (AvgIpc) is 3.37. The van der Waals surface area contributed by atoms with Crippen molar-refractivity contribution in [3.63, 3.8) is 0 Å². The largest absolute Gasteiger partial charge is 0.478 e. The van der Waals surface area contributed by atoms with E-state index in [0.717, 1.165) is 62.0 Å². The Hall–Kier alpha value is -4.02. The summed E-state index contributed by atoms with van der Waals surface area (Å²) < 4.78 is 26.6. The lowest BCUT2D eigenvalue weighted by Gasteiger charge is -2.39. The summed E-state index contributed by atoms with van der Waals surface area (Å²) in [5.74, 6) is -0.227. The van der Waals surface area contributed by atoms with E-state index < -0.39 is 5.97 Å². The van der Waals surface area contributed by atoms with E-state index in [4.69, 9.17) is 9.47 Å². The molecule has 9 nitrogen and oxygen atoms in total. The number of rotatable bonds is 8. The van der Waals surface area contributed by atoms with Crippen LogP contribution < -0.4 is 4.74 Å². The number of ether oxygens (including phenoxy) is 2. The van der Waals surface area contributed by atoms with Gasteiger partial charge in [0.1, 0.15) is 11.6 Å². The first-order valence-electron chi connectivity index (χ1n) is 15.4. The third kappa shape index (κ3) is 6.42. The Bertz CT molecular complexity index is 1500. The van der Waals surface area contributed by atoms with Crippen molar-refractivity contribution >= 4 is 12.0 Å². The summed E-state index contributed by atoms with van der Waals surface area (Å²) >= 11 is 0. The Labute approximate surface area is 257 Å². The van der Waals surface area contributed by atoms with E-state index in [-0.39, 0.29) is 35.5 Å². The highest BCUT2D eigenvalue weighted by molar-refractivity contribution is 5.88. The highest BCUT2D eigenvalue weighted by atomic mass is 19.1. The normalized spacial score (nSPS) is 20.3. The molecule has 232 valence electrons. The maximum atomic E-state index is 15.2. The minimum absolute atomic E-state index is 0.0221. The second-order valence-corrected chi connectivity index (χ2v) is 12.1. The Morgan fingerprint density at radius 3 is 2.48 bits per heavy atom. The smallest absolute Gasteiger partial charge is 0.335 e. The second-order valence-electron chi connectivity index (χ2n) is 12.1. The number of benzene rings is 2. The fourth-order valence-electron chi connectivity index (χ4n) is 6.70. The number of hydrogen-bond donors (Lipinski definition) is 1. The number of likely N-dealkylation sites (tertiary alicyclic amines) is 1. The predicted octanol–water partition coefficient (Wildman–Crippen LogP) is 5.95. The SMILES string of the molecule is Cc1ccc(F)c(C2CN(C3CCOCC3)C(=O)N2C2CCN(Cc3ccc(Oc4ccc(C(=O)O)cc4C)nc3)CC2)c1. The quantitative estimate of drug-likeness (QED) is 0.341. The number of nitrogens with zero attached hydrogens (tertiary/aromatic N) is 4. The molecular weight excluding hydrogens is 563 g/mol. The van der Waals surface area contributed by atoms with Gasteiger partial charge in [0.2, 0.25) is 5.88 Å². The molecule has 0 bridgehead atoms. The summed E-state index contributed by atoms with van der Waals surface area (Å²) in [6.07, 6.45) is 5.06. The fraction of sp³-hybridized carbons (Fsp3) is 0.441. The zero-order chi connectivity index (χ0) is 30.8. The number of pyridine rings is 1. The third-order valence-electron chi connectivity index (χ3n) is 9.10. The van der Waals surface area contributed by atoms with Crippen LogP contribution in [0, 0.1) is 19.7 Å². The molecule has 3 aliphatic heterocycles. The standard InChI is InChI=1S/C34H39FN4O5/c1-22-3-6-29(35)28(17-22)30-21-38(26-11-15-43-16-12-26)34(42)39(30)27-9-13-37(14-10-27)20-24-4-8-32(36-19-24)44-31-7-5-25(33(40)41)18-23(31)2/h3-8,17-19,26-27,30H,9-16,20-21H2,1-2H3,(H,40,41). The number of aromatic nitrogens is 1. The van der Waals surface area contributed by atoms with Crippen LogP contribution in [-0.2, 0) is 11.3 Å². The topological polar surface area (TPSA) is 95.4 Å². The Morgan fingerprint density at radius 1 is 1.02 bits per heavy atom. The van der Waals surface area contributed by atoms with Crippen molar-refractivity contribution in [1.29, 1.82) is 0 Å². The van der Waals surface area contributed by atoms with Gasteiger partial charge in [-0.2, -0.15) is 0 Å². The molecule has 1 atom stereocenters. The lowest BCUT2D eigenvalue weighted by molar-refractivity contribution is 0.0493. The van der Waals surface area contributed by atoms with Crippen molar-refractivity contribution in [2.75, 3.05) is 32.8 Å². The molecule has 6 rings (SSSR count). The Kier molecular flexibility index (Phi) is 8.81. The van der Waals surface area contributed by atoms with Gasteiger partial charge in [0, 0.05) is 69.3 Å². The highest BCUT2D eigenvalue weighted by Crippen LogP contribution is 2.38. The van der Waals surface area contributed by atoms with Crippen LogP contribution in [0.2, 0.25) is 0 Å². The zero-order valence-corrected chi connectivity index (χ0v) is 25.2. The van der Waals surface area contributed by atoms with Gasteiger partial charge in [-0.15, -0.1) is 0 Å². The first-order chi connectivity index (χ1) is 21.3. The molecule has 44 heavy (non-hydrogen) atoms. The van der Waals surface area contributed by atoms with Crippen LogP contribution in [0.25, 0.3) is 0 Å². The minimum atomic E-state index is -0.977. The Morgan fingerprint density at radius 2 is 1.80 bits per heavy atom. The number of aryl methyl sites for hydroxylation is 2. The van der Waals surface area contributed by atoms with E-state index in [1.807, 2.05) is 34.9 Å². The number of urea groups is 1. The number of amides is 2. The minimum Gasteiger partial charge on any atom is -0.478 e. The van der Waals surface area contributed by atoms with Gasteiger partial charge in [-0.1, -0.05) is 23.8 Å². The molecule has 3 aliphatic rings. The number of halogens is 1. The van der Waals surface area contributed by atoms with Crippen molar-refractivity contribution < 1.29 is 28.6 Å². The van der Waals surface area contributed by atoms with Crippen LogP contribution in [-0.4, -0.2) is 81.7 Å². The van der Waals surface area contributed by atoms with Gasteiger partial charge < -0.3 is 24.4 Å². The molecule has 0 radical (unpaired) electrons. The van der Waals surface area contributed by atoms with Gasteiger partial charge >= 0.3 is 12.0 Å². The number of carbonyl (C=O) groups excluding carboxylic acids is 1. The molecule has 2 aromatic carbocycles. The van der Waals surface area contributed by atoms with Gasteiger partial charge in [0.05, 0.1) is 11.6 Å². The first-order valence-corrected chi connectivity index (χ1v) is 15.4. The molecule has 0 spiro atoms. The van der Waals surface area contributed by atoms with Gasteiger partial charge in [-0.25, -0.2) is 19.0 Å². The lowest BCUT2D eigenvalue weighted by atomic mass is 9.97. The van der Waals surface area contributed by atoms with Crippen LogP contribution in [0.15, 0.2) is 54.7 Å². The summed E-state index contributed by atoms with van der Waals surface area (Å²) in [5.41, 5.74) is 3.58. The van der Waals surface area contributed by atoms with Crippen molar-refractivity contribution in [3.8, 4) is 11.6 Å². The molecule has 3 aromatic rings. The molecule has 0 aliphatic carbocycles. The first kappa shape index (κ1) is 30.0. The van der Waals surface area contributed by atoms with Crippen molar-refractivity contribution in [1.82, 2.24) is 19.7 Å². The van der Waals surface area contributed by atoms with E-state index >= 15 is 4.39 Å². The van der Waals surface area contributed by atoms with Crippen molar-refractivity contribution in [2.45, 2.75) is 64.2 Å². The van der Waals surface area contributed by atoms with Crippen LogP contribution in [0.4, 0.5) is 9.18 Å². The summed E-state index contributed by atoms with van der Waals surface area (Å²) in [6, 6.07) is 13.6. The highest BCUT2D eigenvalue weighted by Gasteiger charge is 2.46. The Balaban J connectivity index is 1.09. The number of carboxylic acid groups (broad SMARTS) is 1. The van der Waals surface area contributed by atoms with Crippen LogP contribution in [0.5, 0.6) is 11.6 Å². The molecule has 1 aromatic heterocycles. The summed E-state index contributed by atoms with van der Waals surface area (Å²) in [4.78, 5) is 35.9. The molecular formula is C34H39FN4O5. The zero-order valence-electron chi connectivity index (χ0n) is 25.2. The number of hydrogen-bond acceptors (Lipinski definition) is 6. The van der Waals surface area contributed by atoms with Crippen LogP contribution in [0.1, 0.15) is 64.3 Å². The number of carboxylic acids is 1. The third-order valence-corrected chi connectivity index (χ3v) is 9.10. The second kappa shape index (κ2) is 12.9. The molecule has 4 heterocycles. The maximum Gasteiger partial charge on any atom is 0.335 e. The van der Waals surface area contributed by atoms with Crippen LogP contribution in [0.3, 0.4) is 0 Å². The van der Waals surface area contributed by atoms with E-state index in [1.165, 1.54) is 12.1 Å². The van der Waals surface area contributed by atoms with Crippen molar-refractivity contribution in [2.24, 2.45) is 0 Å². The number of piperidine rings is 1.